The fourth-order valence-corrected chi connectivity index (χ4v) is 2.00. The molecule has 2 heterocycles. The van der Waals surface area contributed by atoms with Gasteiger partial charge in [0.15, 0.2) is 0 Å². The minimum atomic E-state index is 0.696. The SMILES string of the molecule is Cc1ccoc1CNc1ccc(Cn2cncn2)cc1. The van der Waals surface area contributed by atoms with Crippen molar-refractivity contribution < 1.29 is 4.42 Å². The van der Waals surface area contributed by atoms with Crippen LogP contribution in [0, 0.1) is 6.92 Å². The summed E-state index contributed by atoms with van der Waals surface area (Å²) in [6.45, 7) is 3.47. The minimum Gasteiger partial charge on any atom is -0.467 e. The van der Waals surface area contributed by atoms with E-state index in [9.17, 15) is 0 Å². The number of benzene rings is 1. The lowest BCUT2D eigenvalue weighted by atomic mass is 10.2. The van der Waals surface area contributed by atoms with Gasteiger partial charge in [-0.1, -0.05) is 12.1 Å². The summed E-state index contributed by atoms with van der Waals surface area (Å²) in [5.74, 6) is 0.969. The van der Waals surface area contributed by atoms with Crippen LogP contribution in [0.4, 0.5) is 5.69 Å². The van der Waals surface area contributed by atoms with E-state index in [1.807, 2.05) is 13.0 Å². The first-order valence-electron chi connectivity index (χ1n) is 6.49. The Labute approximate surface area is 117 Å². The van der Waals surface area contributed by atoms with E-state index in [2.05, 4.69) is 39.7 Å². The van der Waals surface area contributed by atoms with Gasteiger partial charge in [0.1, 0.15) is 18.4 Å². The standard InChI is InChI=1S/C15H16N4O/c1-12-6-7-20-15(12)8-17-14-4-2-13(3-5-14)9-19-11-16-10-18-19/h2-7,10-11,17H,8-9H2,1H3. The van der Waals surface area contributed by atoms with Gasteiger partial charge in [0.05, 0.1) is 19.4 Å². The van der Waals surface area contributed by atoms with Crippen LogP contribution in [-0.4, -0.2) is 14.8 Å². The predicted octanol–water partition coefficient (Wildman–Crippen LogP) is 2.84. The smallest absolute Gasteiger partial charge is 0.137 e. The number of hydrogen-bond donors (Lipinski definition) is 1. The van der Waals surface area contributed by atoms with Gasteiger partial charge >= 0.3 is 0 Å². The first-order chi connectivity index (χ1) is 9.81. The fraction of sp³-hybridized carbons (Fsp3) is 0.200. The molecule has 0 saturated heterocycles. The van der Waals surface area contributed by atoms with E-state index in [4.69, 9.17) is 4.42 Å². The molecule has 2 aromatic heterocycles. The molecule has 0 atom stereocenters. The highest BCUT2D eigenvalue weighted by atomic mass is 16.3. The van der Waals surface area contributed by atoms with Crippen LogP contribution >= 0.6 is 0 Å². The summed E-state index contributed by atoms with van der Waals surface area (Å²) in [6.07, 6.45) is 4.97. The molecule has 3 aromatic rings. The number of nitrogens with one attached hydrogen (secondary N) is 1. The van der Waals surface area contributed by atoms with Crippen LogP contribution in [0.5, 0.6) is 0 Å². The zero-order valence-corrected chi connectivity index (χ0v) is 11.3. The van der Waals surface area contributed by atoms with Crippen LogP contribution in [0.2, 0.25) is 0 Å². The highest BCUT2D eigenvalue weighted by molar-refractivity contribution is 5.45. The Bertz CT molecular complexity index is 656. The van der Waals surface area contributed by atoms with Crippen molar-refractivity contribution in [1.82, 2.24) is 14.8 Å². The quantitative estimate of drug-likeness (QED) is 0.773. The van der Waals surface area contributed by atoms with Gasteiger partial charge in [-0.25, -0.2) is 9.67 Å². The second kappa shape index (κ2) is 5.61. The number of nitrogens with zero attached hydrogens (tertiary/aromatic N) is 3. The van der Waals surface area contributed by atoms with Crippen molar-refractivity contribution >= 4 is 5.69 Å². The van der Waals surface area contributed by atoms with Gasteiger partial charge in [-0.3, -0.25) is 0 Å². The van der Waals surface area contributed by atoms with Gasteiger partial charge in [-0.2, -0.15) is 5.10 Å². The van der Waals surface area contributed by atoms with Crippen molar-refractivity contribution in [3.8, 4) is 0 Å². The van der Waals surface area contributed by atoms with Crippen molar-refractivity contribution in [3.05, 3.63) is 66.1 Å². The van der Waals surface area contributed by atoms with Crippen LogP contribution in [-0.2, 0) is 13.1 Å². The zero-order chi connectivity index (χ0) is 13.8. The second-order valence-electron chi connectivity index (χ2n) is 4.67. The summed E-state index contributed by atoms with van der Waals surface area (Å²) in [7, 11) is 0. The molecule has 0 unspecified atom stereocenters. The molecule has 0 aliphatic rings. The molecule has 0 aliphatic carbocycles. The molecule has 5 heteroatoms. The zero-order valence-electron chi connectivity index (χ0n) is 11.3. The maximum Gasteiger partial charge on any atom is 0.137 e. The number of aryl methyl sites for hydroxylation is 1. The molecule has 1 aromatic carbocycles. The van der Waals surface area contributed by atoms with Gasteiger partial charge < -0.3 is 9.73 Å². The van der Waals surface area contributed by atoms with E-state index >= 15 is 0 Å². The Kier molecular flexibility index (Phi) is 3.50. The van der Waals surface area contributed by atoms with Crippen LogP contribution < -0.4 is 5.32 Å². The molecule has 0 aliphatic heterocycles. The molecule has 0 fully saturated rings. The topological polar surface area (TPSA) is 55.9 Å². The number of aromatic nitrogens is 3. The normalized spacial score (nSPS) is 10.7. The minimum absolute atomic E-state index is 0.696. The molecule has 102 valence electrons. The summed E-state index contributed by atoms with van der Waals surface area (Å²) >= 11 is 0. The number of furan rings is 1. The van der Waals surface area contributed by atoms with E-state index in [0.29, 0.717) is 6.54 Å². The Morgan fingerprint density at radius 2 is 2.05 bits per heavy atom. The van der Waals surface area contributed by atoms with E-state index in [1.54, 1.807) is 23.6 Å². The maximum absolute atomic E-state index is 5.40. The summed E-state index contributed by atoms with van der Waals surface area (Å²) in [6, 6.07) is 10.3. The first-order valence-corrected chi connectivity index (χ1v) is 6.49. The third-order valence-corrected chi connectivity index (χ3v) is 3.19. The lowest BCUT2D eigenvalue weighted by molar-refractivity contribution is 0.515. The van der Waals surface area contributed by atoms with E-state index in [-0.39, 0.29) is 0 Å². The van der Waals surface area contributed by atoms with Gasteiger partial charge in [-0.15, -0.1) is 0 Å². The molecule has 1 N–H and O–H groups in total. The molecule has 0 spiro atoms. The molecule has 0 bridgehead atoms. The predicted molar refractivity (Wildman–Crippen MR) is 76.3 cm³/mol. The van der Waals surface area contributed by atoms with Gasteiger partial charge in [-0.05, 0) is 36.2 Å². The first kappa shape index (κ1) is 12.5. The largest absolute Gasteiger partial charge is 0.467 e. The third-order valence-electron chi connectivity index (χ3n) is 3.19. The monoisotopic (exact) mass is 268 g/mol. The fourth-order valence-electron chi connectivity index (χ4n) is 2.00. The van der Waals surface area contributed by atoms with Gasteiger partial charge in [0.25, 0.3) is 0 Å². The number of anilines is 1. The summed E-state index contributed by atoms with van der Waals surface area (Å²) in [5, 5.41) is 7.44. The average molecular weight is 268 g/mol. The van der Waals surface area contributed by atoms with Gasteiger partial charge in [0.2, 0.25) is 0 Å². The maximum atomic E-state index is 5.40. The lowest BCUT2D eigenvalue weighted by Crippen LogP contribution is -2.01. The molecule has 0 amide bonds. The number of hydrogen-bond acceptors (Lipinski definition) is 4. The molecule has 0 radical (unpaired) electrons. The van der Waals surface area contributed by atoms with Crippen LogP contribution in [0.25, 0.3) is 0 Å². The van der Waals surface area contributed by atoms with Crippen LogP contribution in [0.15, 0.2) is 53.7 Å². The lowest BCUT2D eigenvalue weighted by Gasteiger charge is -2.07. The molecular weight excluding hydrogens is 252 g/mol. The Hall–Kier alpha value is -2.56. The summed E-state index contributed by atoms with van der Waals surface area (Å²) in [4.78, 5) is 3.93. The van der Waals surface area contributed by atoms with Crippen molar-refractivity contribution in [3.63, 3.8) is 0 Å². The third kappa shape index (κ3) is 2.88. The Morgan fingerprint density at radius 1 is 1.20 bits per heavy atom. The average Bonchev–Trinajstić information content (AvgIpc) is 3.10. The van der Waals surface area contributed by atoms with Gasteiger partial charge in [0, 0.05) is 5.69 Å². The summed E-state index contributed by atoms with van der Waals surface area (Å²) < 4.78 is 7.20. The van der Waals surface area contributed by atoms with E-state index < -0.39 is 0 Å². The highest BCUT2D eigenvalue weighted by Gasteiger charge is 2.01. The summed E-state index contributed by atoms with van der Waals surface area (Å²) in [5.41, 5.74) is 3.43. The number of rotatable bonds is 5. The van der Waals surface area contributed by atoms with Crippen molar-refractivity contribution in [2.75, 3.05) is 5.32 Å². The van der Waals surface area contributed by atoms with Crippen molar-refractivity contribution in [2.45, 2.75) is 20.0 Å². The molecule has 20 heavy (non-hydrogen) atoms. The van der Waals surface area contributed by atoms with Crippen LogP contribution in [0.1, 0.15) is 16.9 Å². The van der Waals surface area contributed by atoms with Crippen molar-refractivity contribution in [2.24, 2.45) is 0 Å². The van der Waals surface area contributed by atoms with Crippen LogP contribution in [0.3, 0.4) is 0 Å². The molecule has 3 rings (SSSR count). The molecule has 5 nitrogen and oxygen atoms in total. The Morgan fingerprint density at radius 3 is 2.70 bits per heavy atom. The van der Waals surface area contributed by atoms with Crippen molar-refractivity contribution in [1.29, 1.82) is 0 Å². The molecular formula is C15H16N4O. The molecule has 0 saturated carbocycles. The highest BCUT2D eigenvalue weighted by Crippen LogP contribution is 2.14. The van der Waals surface area contributed by atoms with E-state index in [0.717, 1.165) is 18.0 Å². The van der Waals surface area contributed by atoms with E-state index in [1.165, 1.54) is 11.1 Å². The Balaban J connectivity index is 1.60. The second-order valence-corrected chi connectivity index (χ2v) is 4.67.